The maximum atomic E-state index is 9.87. The second-order valence-electron chi connectivity index (χ2n) is 4.56. The van der Waals surface area contributed by atoms with E-state index in [-0.39, 0.29) is 25.7 Å². The molecule has 108 valence electrons. The molecule has 0 bridgehead atoms. The second-order valence-corrected chi connectivity index (χ2v) is 4.56. The summed E-state index contributed by atoms with van der Waals surface area (Å²) in [6, 6.07) is 9.77. The van der Waals surface area contributed by atoms with Gasteiger partial charge in [0.2, 0.25) is 6.79 Å². The molecule has 0 radical (unpaired) electrons. The molecule has 2 N–H and O–H groups in total. The summed E-state index contributed by atoms with van der Waals surface area (Å²) in [4.78, 5) is 0. The summed E-state index contributed by atoms with van der Waals surface area (Å²) < 4.78 is 16.3. The highest BCUT2D eigenvalue weighted by Crippen LogP contribution is 2.40. The first-order valence-corrected chi connectivity index (χ1v) is 6.06. The smallest absolute Gasteiger partial charge is 0.231 e. The Morgan fingerprint density at radius 2 is 1.67 bits per heavy atom. The van der Waals surface area contributed by atoms with Crippen molar-refractivity contribution in [2.75, 3.05) is 6.79 Å². The van der Waals surface area contributed by atoms with E-state index in [4.69, 9.17) is 13.9 Å². The Morgan fingerprint density at radius 3 is 2.43 bits per heavy atom. The molecular weight excluding hydrogens is 272 g/mol. The summed E-state index contributed by atoms with van der Waals surface area (Å²) >= 11 is 0. The summed E-state index contributed by atoms with van der Waals surface area (Å²) in [5.74, 6) is 1.81. The van der Waals surface area contributed by atoms with Crippen molar-refractivity contribution in [2.45, 2.75) is 7.43 Å². The Morgan fingerprint density at radius 1 is 0.905 bits per heavy atom. The van der Waals surface area contributed by atoms with E-state index in [2.05, 4.69) is 0 Å². The van der Waals surface area contributed by atoms with Crippen LogP contribution in [0.4, 0.5) is 0 Å². The van der Waals surface area contributed by atoms with Crippen LogP contribution in [-0.4, -0.2) is 17.0 Å². The van der Waals surface area contributed by atoms with Crippen molar-refractivity contribution in [1.82, 2.24) is 0 Å². The van der Waals surface area contributed by atoms with E-state index < -0.39 is 0 Å². The first-order valence-electron chi connectivity index (χ1n) is 6.06. The SMILES string of the molecule is C.Oc1ccc(-c2cc3cc4c(cc3o2)OCO4)c(O)c1. The van der Waals surface area contributed by atoms with E-state index in [1.54, 1.807) is 12.1 Å². The van der Waals surface area contributed by atoms with Crippen molar-refractivity contribution in [1.29, 1.82) is 0 Å². The van der Waals surface area contributed by atoms with Crippen LogP contribution < -0.4 is 9.47 Å². The van der Waals surface area contributed by atoms with E-state index in [1.807, 2.05) is 12.1 Å². The average molecular weight is 286 g/mol. The van der Waals surface area contributed by atoms with Gasteiger partial charge in [-0.25, -0.2) is 0 Å². The molecule has 5 nitrogen and oxygen atoms in total. The van der Waals surface area contributed by atoms with Crippen LogP contribution in [0.2, 0.25) is 0 Å². The highest BCUT2D eigenvalue weighted by atomic mass is 16.7. The number of phenolic OH excluding ortho intramolecular Hbond substituents is 2. The lowest BCUT2D eigenvalue weighted by molar-refractivity contribution is 0.174. The molecule has 0 amide bonds. The van der Waals surface area contributed by atoms with Crippen LogP contribution in [0.3, 0.4) is 0 Å². The van der Waals surface area contributed by atoms with E-state index in [0.29, 0.717) is 28.4 Å². The molecule has 0 aliphatic carbocycles. The summed E-state index contributed by atoms with van der Waals surface area (Å²) in [7, 11) is 0. The molecule has 21 heavy (non-hydrogen) atoms. The van der Waals surface area contributed by atoms with Gasteiger partial charge in [0, 0.05) is 17.5 Å². The molecule has 0 saturated carbocycles. The summed E-state index contributed by atoms with van der Waals surface area (Å²) in [6.07, 6.45) is 0. The van der Waals surface area contributed by atoms with Gasteiger partial charge in [0.1, 0.15) is 22.8 Å². The van der Waals surface area contributed by atoms with Crippen molar-refractivity contribution < 1.29 is 24.1 Å². The lowest BCUT2D eigenvalue weighted by Gasteiger charge is -2.01. The Hall–Kier alpha value is -2.82. The van der Waals surface area contributed by atoms with E-state index in [0.717, 1.165) is 5.39 Å². The van der Waals surface area contributed by atoms with Gasteiger partial charge in [-0.05, 0) is 24.3 Å². The summed E-state index contributed by atoms with van der Waals surface area (Å²) in [5, 5.41) is 20.0. The topological polar surface area (TPSA) is 72.1 Å². The fourth-order valence-electron chi connectivity index (χ4n) is 2.29. The summed E-state index contributed by atoms with van der Waals surface area (Å²) in [5.41, 5.74) is 1.16. The largest absolute Gasteiger partial charge is 0.508 e. The Balaban J connectivity index is 0.00000132. The van der Waals surface area contributed by atoms with Gasteiger partial charge in [-0.2, -0.15) is 0 Å². The van der Waals surface area contributed by atoms with Crippen molar-refractivity contribution in [3.05, 3.63) is 36.4 Å². The lowest BCUT2D eigenvalue weighted by atomic mass is 10.1. The van der Waals surface area contributed by atoms with Crippen LogP contribution in [0.1, 0.15) is 7.43 Å². The van der Waals surface area contributed by atoms with Crippen LogP contribution in [0.5, 0.6) is 23.0 Å². The van der Waals surface area contributed by atoms with Gasteiger partial charge in [0.15, 0.2) is 11.5 Å². The third-order valence-electron chi connectivity index (χ3n) is 3.26. The number of furan rings is 1. The molecule has 2 aromatic carbocycles. The molecule has 1 aliphatic heterocycles. The van der Waals surface area contributed by atoms with Crippen molar-refractivity contribution in [3.63, 3.8) is 0 Å². The molecule has 3 aromatic rings. The van der Waals surface area contributed by atoms with Crippen molar-refractivity contribution >= 4 is 11.0 Å². The van der Waals surface area contributed by atoms with Crippen molar-refractivity contribution in [2.24, 2.45) is 0 Å². The normalized spacial score (nSPS) is 12.4. The molecule has 0 spiro atoms. The lowest BCUT2D eigenvalue weighted by Crippen LogP contribution is -1.92. The van der Waals surface area contributed by atoms with E-state index >= 15 is 0 Å². The highest BCUT2D eigenvalue weighted by molar-refractivity contribution is 5.87. The van der Waals surface area contributed by atoms with Gasteiger partial charge in [-0.3, -0.25) is 0 Å². The van der Waals surface area contributed by atoms with E-state index in [1.165, 1.54) is 12.1 Å². The van der Waals surface area contributed by atoms with Crippen LogP contribution in [0.15, 0.2) is 40.8 Å². The quantitative estimate of drug-likeness (QED) is 0.710. The van der Waals surface area contributed by atoms with Gasteiger partial charge >= 0.3 is 0 Å². The predicted octanol–water partition coefficient (Wildman–Crippen LogP) is 3.88. The maximum Gasteiger partial charge on any atom is 0.231 e. The van der Waals surface area contributed by atoms with Crippen molar-refractivity contribution in [3.8, 4) is 34.3 Å². The van der Waals surface area contributed by atoms with Crippen LogP contribution >= 0.6 is 0 Å². The minimum Gasteiger partial charge on any atom is -0.508 e. The minimum absolute atomic E-state index is 0. The Bertz CT molecular complexity index is 778. The number of phenols is 2. The predicted molar refractivity (Wildman–Crippen MR) is 77.8 cm³/mol. The van der Waals surface area contributed by atoms with Crippen LogP contribution in [-0.2, 0) is 0 Å². The fourth-order valence-corrected chi connectivity index (χ4v) is 2.29. The molecule has 0 unspecified atom stereocenters. The third kappa shape index (κ3) is 2.03. The number of rotatable bonds is 1. The molecular formula is C16H14O5. The number of aromatic hydroxyl groups is 2. The zero-order valence-corrected chi connectivity index (χ0v) is 10.3. The standard InChI is InChI=1S/C15H10O5.CH4/c16-9-1-2-10(11(17)5-9)13-3-8-4-14-15(19-7-18-14)6-12(8)20-13;/h1-6,16-17H,7H2;1H4. The zero-order chi connectivity index (χ0) is 13.7. The Labute approximate surface area is 121 Å². The van der Waals surface area contributed by atoms with Gasteiger partial charge < -0.3 is 24.1 Å². The molecule has 1 aliphatic rings. The third-order valence-corrected chi connectivity index (χ3v) is 3.26. The van der Waals surface area contributed by atoms with Gasteiger partial charge in [-0.15, -0.1) is 0 Å². The minimum atomic E-state index is -0.0379. The molecule has 2 heterocycles. The van der Waals surface area contributed by atoms with Crippen LogP contribution in [0.25, 0.3) is 22.3 Å². The average Bonchev–Trinajstić information content (AvgIpc) is 3.00. The monoisotopic (exact) mass is 286 g/mol. The fraction of sp³-hybridized carbons (Fsp3) is 0.125. The molecule has 0 fully saturated rings. The first kappa shape index (κ1) is 13.2. The second kappa shape index (κ2) is 4.63. The summed E-state index contributed by atoms with van der Waals surface area (Å²) in [6.45, 7) is 0.216. The molecule has 4 rings (SSSR count). The Kier molecular flexibility index (Phi) is 2.90. The number of fused-ring (bicyclic) bond motifs is 2. The van der Waals surface area contributed by atoms with E-state index in [9.17, 15) is 10.2 Å². The van der Waals surface area contributed by atoms with Gasteiger partial charge in [0.25, 0.3) is 0 Å². The number of hydrogen-bond acceptors (Lipinski definition) is 5. The number of hydrogen-bond donors (Lipinski definition) is 2. The number of ether oxygens (including phenoxy) is 2. The maximum absolute atomic E-state index is 9.87. The molecule has 0 saturated heterocycles. The van der Waals surface area contributed by atoms with Gasteiger partial charge in [0.05, 0.1) is 5.56 Å². The molecule has 1 aromatic heterocycles. The van der Waals surface area contributed by atoms with Gasteiger partial charge in [-0.1, -0.05) is 7.43 Å². The molecule has 0 atom stereocenters. The zero-order valence-electron chi connectivity index (χ0n) is 10.3. The van der Waals surface area contributed by atoms with Crippen LogP contribution in [0, 0.1) is 0 Å². The highest BCUT2D eigenvalue weighted by Gasteiger charge is 2.18. The number of benzene rings is 2. The first-order chi connectivity index (χ1) is 9.70. The molecule has 5 heteroatoms.